The van der Waals surface area contributed by atoms with Gasteiger partial charge in [-0.25, -0.2) is 9.69 Å². The Morgan fingerprint density at radius 1 is 1.38 bits per heavy atom. The van der Waals surface area contributed by atoms with Crippen LogP contribution >= 0.6 is 11.8 Å². The SMILES string of the molecule is COc1ccccc1-c1nnc(SCC(=O)N2CCOC2=O)n1C. The molecule has 3 rings (SSSR count). The Balaban J connectivity index is 1.73. The van der Waals surface area contributed by atoms with Crippen LogP contribution in [-0.2, 0) is 16.6 Å². The monoisotopic (exact) mass is 348 g/mol. The summed E-state index contributed by atoms with van der Waals surface area (Å²) in [5.41, 5.74) is 0.816. The van der Waals surface area contributed by atoms with Gasteiger partial charge in [-0.3, -0.25) is 4.79 Å². The zero-order chi connectivity index (χ0) is 17.1. The van der Waals surface area contributed by atoms with Crippen LogP contribution in [-0.4, -0.2) is 57.7 Å². The number of thioether (sulfide) groups is 1. The number of ether oxygens (including phenoxy) is 2. The summed E-state index contributed by atoms with van der Waals surface area (Å²) in [4.78, 5) is 24.5. The summed E-state index contributed by atoms with van der Waals surface area (Å²) in [7, 11) is 3.41. The average Bonchev–Trinajstić information content (AvgIpc) is 3.18. The van der Waals surface area contributed by atoms with E-state index in [1.54, 1.807) is 11.7 Å². The van der Waals surface area contributed by atoms with Crippen molar-refractivity contribution < 1.29 is 19.1 Å². The van der Waals surface area contributed by atoms with Gasteiger partial charge in [-0.1, -0.05) is 23.9 Å². The first-order chi connectivity index (χ1) is 11.6. The van der Waals surface area contributed by atoms with E-state index in [9.17, 15) is 9.59 Å². The molecule has 9 heteroatoms. The maximum absolute atomic E-state index is 12.0. The Labute approximate surface area is 142 Å². The molecular weight excluding hydrogens is 332 g/mol. The van der Waals surface area contributed by atoms with Crippen molar-refractivity contribution >= 4 is 23.8 Å². The average molecular weight is 348 g/mol. The highest BCUT2D eigenvalue weighted by Crippen LogP contribution is 2.30. The summed E-state index contributed by atoms with van der Waals surface area (Å²) < 4.78 is 11.9. The van der Waals surface area contributed by atoms with Crippen LogP contribution < -0.4 is 4.74 Å². The number of carbonyl (C=O) groups is 2. The van der Waals surface area contributed by atoms with Gasteiger partial charge in [-0.15, -0.1) is 10.2 Å². The van der Waals surface area contributed by atoms with Gasteiger partial charge in [0.2, 0.25) is 5.91 Å². The van der Waals surface area contributed by atoms with E-state index in [0.29, 0.717) is 23.3 Å². The Kier molecular flexibility index (Phi) is 4.70. The molecule has 8 nitrogen and oxygen atoms in total. The van der Waals surface area contributed by atoms with Gasteiger partial charge in [-0.2, -0.15) is 0 Å². The minimum atomic E-state index is -0.590. The number of cyclic esters (lactones) is 1. The van der Waals surface area contributed by atoms with Crippen LogP contribution in [0.2, 0.25) is 0 Å². The van der Waals surface area contributed by atoms with Gasteiger partial charge in [0, 0.05) is 7.05 Å². The van der Waals surface area contributed by atoms with Crippen molar-refractivity contribution in [3.05, 3.63) is 24.3 Å². The molecule has 0 saturated carbocycles. The summed E-state index contributed by atoms with van der Waals surface area (Å²) in [6.45, 7) is 0.542. The van der Waals surface area contributed by atoms with Crippen molar-refractivity contribution in [1.82, 2.24) is 19.7 Å². The highest BCUT2D eigenvalue weighted by molar-refractivity contribution is 7.99. The zero-order valence-electron chi connectivity index (χ0n) is 13.3. The lowest BCUT2D eigenvalue weighted by Crippen LogP contribution is -2.33. The van der Waals surface area contributed by atoms with Gasteiger partial charge >= 0.3 is 6.09 Å². The van der Waals surface area contributed by atoms with E-state index in [0.717, 1.165) is 10.5 Å². The van der Waals surface area contributed by atoms with Crippen molar-refractivity contribution in [2.45, 2.75) is 5.16 Å². The van der Waals surface area contributed by atoms with Crippen LogP contribution in [0.5, 0.6) is 5.75 Å². The van der Waals surface area contributed by atoms with Crippen LogP contribution in [0.3, 0.4) is 0 Å². The van der Waals surface area contributed by atoms with Crippen molar-refractivity contribution in [3.8, 4) is 17.1 Å². The Morgan fingerprint density at radius 3 is 2.88 bits per heavy atom. The van der Waals surface area contributed by atoms with Gasteiger partial charge in [0.15, 0.2) is 11.0 Å². The minimum absolute atomic E-state index is 0.0903. The maximum Gasteiger partial charge on any atom is 0.416 e. The first-order valence-electron chi connectivity index (χ1n) is 7.24. The quantitative estimate of drug-likeness (QED) is 0.758. The predicted octanol–water partition coefficient (Wildman–Crippen LogP) is 1.56. The Morgan fingerprint density at radius 2 is 2.17 bits per heavy atom. The van der Waals surface area contributed by atoms with Gasteiger partial charge in [0.05, 0.1) is 25.0 Å². The third kappa shape index (κ3) is 3.07. The lowest BCUT2D eigenvalue weighted by atomic mass is 10.2. The second-order valence-electron chi connectivity index (χ2n) is 5.01. The number of amides is 2. The molecule has 0 unspecified atom stereocenters. The molecule has 0 atom stereocenters. The molecule has 1 aromatic heterocycles. The molecule has 24 heavy (non-hydrogen) atoms. The fourth-order valence-electron chi connectivity index (χ4n) is 2.33. The Bertz CT molecular complexity index is 777. The smallest absolute Gasteiger partial charge is 0.416 e. The second-order valence-corrected chi connectivity index (χ2v) is 5.96. The fraction of sp³-hybridized carbons (Fsp3) is 0.333. The first kappa shape index (κ1) is 16.3. The van der Waals surface area contributed by atoms with Crippen LogP contribution in [0.15, 0.2) is 29.4 Å². The fourth-order valence-corrected chi connectivity index (χ4v) is 3.12. The summed E-state index contributed by atoms with van der Waals surface area (Å²) in [5, 5.41) is 8.88. The molecule has 1 aliphatic rings. The molecule has 0 bridgehead atoms. The molecule has 2 amide bonds. The number of benzene rings is 1. The van der Waals surface area contributed by atoms with Gasteiger partial charge in [-0.05, 0) is 12.1 Å². The standard InChI is InChI=1S/C15H16N4O4S/c1-18-13(10-5-3-4-6-11(10)22-2)16-17-14(18)24-9-12(20)19-7-8-23-15(19)21/h3-6H,7-9H2,1-2H3. The van der Waals surface area contributed by atoms with E-state index in [1.165, 1.54) is 11.8 Å². The molecule has 1 aromatic carbocycles. The lowest BCUT2D eigenvalue weighted by Gasteiger charge is -2.10. The zero-order valence-corrected chi connectivity index (χ0v) is 14.1. The van der Waals surface area contributed by atoms with E-state index in [1.807, 2.05) is 31.3 Å². The molecule has 126 valence electrons. The van der Waals surface area contributed by atoms with Gasteiger partial charge < -0.3 is 14.0 Å². The summed E-state index contributed by atoms with van der Waals surface area (Å²) in [6, 6.07) is 7.51. The predicted molar refractivity (Wildman–Crippen MR) is 86.8 cm³/mol. The molecule has 0 spiro atoms. The molecular formula is C15H16N4O4S. The number of aromatic nitrogens is 3. The minimum Gasteiger partial charge on any atom is -0.496 e. The molecule has 1 fully saturated rings. The highest BCUT2D eigenvalue weighted by atomic mass is 32.2. The largest absolute Gasteiger partial charge is 0.496 e. The number of hydrogen-bond donors (Lipinski definition) is 0. The Hall–Kier alpha value is -2.55. The van der Waals surface area contributed by atoms with E-state index < -0.39 is 6.09 Å². The van der Waals surface area contributed by atoms with Crippen molar-refractivity contribution in [2.24, 2.45) is 7.05 Å². The topological polar surface area (TPSA) is 86.6 Å². The number of imide groups is 1. The summed E-state index contributed by atoms with van der Waals surface area (Å²) in [5.74, 6) is 1.13. The number of rotatable bonds is 5. The number of hydrogen-bond acceptors (Lipinski definition) is 7. The number of methoxy groups -OCH3 is 1. The van der Waals surface area contributed by atoms with Crippen LogP contribution in [0.1, 0.15) is 0 Å². The third-order valence-corrected chi connectivity index (χ3v) is 4.57. The highest BCUT2D eigenvalue weighted by Gasteiger charge is 2.28. The first-order valence-corrected chi connectivity index (χ1v) is 8.23. The third-order valence-electron chi connectivity index (χ3n) is 3.57. The number of para-hydroxylation sites is 1. The van der Waals surface area contributed by atoms with E-state index >= 15 is 0 Å². The van der Waals surface area contributed by atoms with Gasteiger partial charge in [0.25, 0.3) is 0 Å². The second kappa shape index (κ2) is 6.91. The molecule has 2 aromatic rings. The van der Waals surface area contributed by atoms with Crippen LogP contribution in [0.25, 0.3) is 11.4 Å². The van der Waals surface area contributed by atoms with Gasteiger partial charge in [0.1, 0.15) is 12.4 Å². The molecule has 1 aliphatic heterocycles. The van der Waals surface area contributed by atoms with Crippen molar-refractivity contribution in [3.63, 3.8) is 0 Å². The van der Waals surface area contributed by atoms with Crippen molar-refractivity contribution in [2.75, 3.05) is 26.0 Å². The van der Waals surface area contributed by atoms with Crippen molar-refractivity contribution in [1.29, 1.82) is 0 Å². The molecule has 0 radical (unpaired) electrons. The normalized spacial score (nSPS) is 13.9. The molecule has 0 N–H and O–H groups in total. The summed E-state index contributed by atoms with van der Waals surface area (Å²) >= 11 is 1.22. The van der Waals surface area contributed by atoms with E-state index in [4.69, 9.17) is 9.47 Å². The molecule has 2 heterocycles. The summed E-state index contributed by atoms with van der Waals surface area (Å²) in [6.07, 6.45) is -0.590. The van der Waals surface area contributed by atoms with Crippen LogP contribution in [0.4, 0.5) is 4.79 Å². The maximum atomic E-state index is 12.0. The number of nitrogens with zero attached hydrogens (tertiary/aromatic N) is 4. The molecule has 1 saturated heterocycles. The van der Waals surface area contributed by atoms with Crippen LogP contribution in [0, 0.1) is 0 Å². The van der Waals surface area contributed by atoms with E-state index in [2.05, 4.69) is 10.2 Å². The lowest BCUT2D eigenvalue weighted by molar-refractivity contribution is -0.125. The number of carbonyl (C=O) groups excluding carboxylic acids is 2. The van der Waals surface area contributed by atoms with E-state index in [-0.39, 0.29) is 18.3 Å². The molecule has 0 aliphatic carbocycles.